The number of likely N-dealkylation sites (tertiary alicyclic amines) is 2. The van der Waals surface area contributed by atoms with E-state index in [9.17, 15) is 9.59 Å². The van der Waals surface area contributed by atoms with Crippen molar-refractivity contribution in [3.05, 3.63) is 34.4 Å². The Balaban J connectivity index is 1.42. The first-order valence-electron chi connectivity index (χ1n) is 10.1. The van der Waals surface area contributed by atoms with E-state index in [0.717, 1.165) is 70.1 Å². The molecule has 5 nitrogen and oxygen atoms in total. The largest absolute Gasteiger partial charge is 0.348 e. The zero-order valence-electron chi connectivity index (χ0n) is 15.7. The molecule has 4 rings (SSSR count). The van der Waals surface area contributed by atoms with Gasteiger partial charge in [-0.15, -0.1) is 0 Å². The van der Waals surface area contributed by atoms with E-state index in [1.54, 1.807) is 0 Å². The first-order valence-corrected chi connectivity index (χ1v) is 10.1. The van der Waals surface area contributed by atoms with Crippen LogP contribution in [0.4, 0.5) is 4.79 Å². The molecule has 5 heteroatoms. The number of aryl methyl sites for hydroxylation is 1. The Hall–Kier alpha value is -2.04. The molecule has 0 bridgehead atoms. The van der Waals surface area contributed by atoms with E-state index in [1.165, 1.54) is 16.7 Å². The highest BCUT2D eigenvalue weighted by atomic mass is 16.2. The van der Waals surface area contributed by atoms with Gasteiger partial charge in [0.2, 0.25) is 0 Å². The molecule has 26 heavy (non-hydrogen) atoms. The Kier molecular flexibility index (Phi) is 4.88. The molecule has 3 aliphatic rings. The molecule has 2 aliphatic heterocycles. The van der Waals surface area contributed by atoms with Crippen LogP contribution in [0.3, 0.4) is 0 Å². The minimum Gasteiger partial charge on any atom is -0.348 e. The zero-order chi connectivity index (χ0) is 18.1. The molecule has 2 saturated heterocycles. The van der Waals surface area contributed by atoms with Crippen LogP contribution in [0.2, 0.25) is 0 Å². The lowest BCUT2D eigenvalue weighted by Gasteiger charge is -2.35. The van der Waals surface area contributed by atoms with E-state index in [4.69, 9.17) is 0 Å². The molecule has 1 N–H and O–H groups in total. The van der Waals surface area contributed by atoms with Crippen molar-refractivity contribution < 1.29 is 9.59 Å². The molecular formula is C21H29N3O2. The quantitative estimate of drug-likeness (QED) is 0.887. The number of amides is 3. The lowest BCUT2D eigenvalue weighted by molar-refractivity contribution is 0.0900. The smallest absolute Gasteiger partial charge is 0.320 e. The van der Waals surface area contributed by atoms with E-state index in [1.807, 2.05) is 15.9 Å². The van der Waals surface area contributed by atoms with Crippen molar-refractivity contribution in [2.24, 2.45) is 0 Å². The standard InChI is InChI=1S/C21H29N3O2/c1-15-9-10-19(18-8-4-7-17(15)18)20(25)22-16-6-5-13-24(14-16)21(26)23-11-2-3-12-23/h9-10,16H,2-8,11-14H2,1H3,(H,22,25). The van der Waals surface area contributed by atoms with Gasteiger partial charge < -0.3 is 15.1 Å². The van der Waals surface area contributed by atoms with Gasteiger partial charge in [0.25, 0.3) is 5.91 Å². The first-order chi connectivity index (χ1) is 12.6. The van der Waals surface area contributed by atoms with Crippen LogP contribution in [0.1, 0.15) is 59.2 Å². The van der Waals surface area contributed by atoms with E-state index in [0.29, 0.717) is 6.54 Å². The Morgan fingerprint density at radius 1 is 0.962 bits per heavy atom. The third-order valence-corrected chi connectivity index (χ3v) is 6.17. The molecule has 1 atom stereocenters. The predicted octanol–water partition coefficient (Wildman–Crippen LogP) is 2.89. The van der Waals surface area contributed by atoms with Crippen molar-refractivity contribution in [1.29, 1.82) is 0 Å². The SMILES string of the molecule is Cc1ccc(C(=O)NC2CCCN(C(=O)N3CCCC3)C2)c2c1CCC2. The van der Waals surface area contributed by atoms with Crippen LogP contribution < -0.4 is 5.32 Å². The number of benzene rings is 1. The summed E-state index contributed by atoms with van der Waals surface area (Å²) in [5.41, 5.74) is 4.75. The van der Waals surface area contributed by atoms with Gasteiger partial charge in [-0.3, -0.25) is 4.79 Å². The summed E-state index contributed by atoms with van der Waals surface area (Å²) in [6.45, 7) is 5.33. The molecule has 2 heterocycles. The maximum absolute atomic E-state index is 12.9. The molecular weight excluding hydrogens is 326 g/mol. The highest BCUT2D eigenvalue weighted by Gasteiger charge is 2.30. The molecule has 1 aliphatic carbocycles. The normalized spacial score (nSPS) is 22.4. The minimum absolute atomic E-state index is 0.0311. The fraction of sp³-hybridized carbons (Fsp3) is 0.619. The average molecular weight is 355 g/mol. The van der Waals surface area contributed by atoms with Crippen LogP contribution in [-0.2, 0) is 12.8 Å². The number of carbonyl (C=O) groups excluding carboxylic acids is 2. The van der Waals surface area contributed by atoms with Crippen molar-refractivity contribution in [1.82, 2.24) is 15.1 Å². The summed E-state index contributed by atoms with van der Waals surface area (Å²) in [7, 11) is 0. The molecule has 1 unspecified atom stereocenters. The van der Waals surface area contributed by atoms with Crippen LogP contribution in [0.5, 0.6) is 0 Å². The fourth-order valence-electron chi connectivity index (χ4n) is 4.74. The molecule has 1 aromatic carbocycles. The van der Waals surface area contributed by atoms with Crippen molar-refractivity contribution in [3.8, 4) is 0 Å². The van der Waals surface area contributed by atoms with Crippen molar-refractivity contribution in [2.45, 2.75) is 57.9 Å². The van der Waals surface area contributed by atoms with Crippen LogP contribution in [-0.4, -0.2) is 54.0 Å². The molecule has 3 amide bonds. The zero-order valence-corrected chi connectivity index (χ0v) is 15.7. The number of fused-ring (bicyclic) bond motifs is 1. The fourth-order valence-corrected chi connectivity index (χ4v) is 4.74. The van der Waals surface area contributed by atoms with Gasteiger partial charge in [-0.2, -0.15) is 0 Å². The number of rotatable bonds is 2. The van der Waals surface area contributed by atoms with Crippen molar-refractivity contribution in [2.75, 3.05) is 26.2 Å². The number of hydrogen-bond acceptors (Lipinski definition) is 2. The average Bonchev–Trinajstić information content (AvgIpc) is 3.34. The second-order valence-corrected chi connectivity index (χ2v) is 7.98. The maximum atomic E-state index is 12.9. The van der Waals surface area contributed by atoms with Gasteiger partial charge in [-0.1, -0.05) is 6.07 Å². The van der Waals surface area contributed by atoms with Gasteiger partial charge in [0.05, 0.1) is 0 Å². The summed E-state index contributed by atoms with van der Waals surface area (Å²) in [4.78, 5) is 29.4. The van der Waals surface area contributed by atoms with E-state index < -0.39 is 0 Å². The van der Waals surface area contributed by atoms with Gasteiger partial charge in [-0.05, 0) is 74.6 Å². The second-order valence-electron chi connectivity index (χ2n) is 7.98. The Morgan fingerprint density at radius 3 is 2.50 bits per heavy atom. The van der Waals surface area contributed by atoms with E-state index in [2.05, 4.69) is 18.3 Å². The topological polar surface area (TPSA) is 52.7 Å². The number of nitrogens with one attached hydrogen (secondary N) is 1. The molecule has 0 aromatic heterocycles. The van der Waals surface area contributed by atoms with Crippen molar-refractivity contribution in [3.63, 3.8) is 0 Å². The number of urea groups is 1. The van der Waals surface area contributed by atoms with Crippen LogP contribution in [0.25, 0.3) is 0 Å². The monoisotopic (exact) mass is 355 g/mol. The third-order valence-electron chi connectivity index (χ3n) is 6.17. The summed E-state index contributed by atoms with van der Waals surface area (Å²) >= 11 is 0. The van der Waals surface area contributed by atoms with Gasteiger partial charge in [0.1, 0.15) is 0 Å². The lowest BCUT2D eigenvalue weighted by atomic mass is 9.97. The van der Waals surface area contributed by atoms with Crippen LogP contribution in [0.15, 0.2) is 12.1 Å². The molecule has 2 fully saturated rings. The molecule has 1 aromatic rings. The number of nitrogens with zero attached hydrogens (tertiary/aromatic N) is 2. The Morgan fingerprint density at radius 2 is 1.69 bits per heavy atom. The lowest BCUT2D eigenvalue weighted by Crippen LogP contribution is -2.52. The second kappa shape index (κ2) is 7.29. The summed E-state index contributed by atoms with van der Waals surface area (Å²) in [6.07, 6.45) is 7.35. The van der Waals surface area contributed by atoms with Gasteiger partial charge >= 0.3 is 6.03 Å². The predicted molar refractivity (Wildman–Crippen MR) is 101 cm³/mol. The molecule has 0 saturated carbocycles. The molecule has 140 valence electrons. The Bertz CT molecular complexity index is 709. The van der Waals surface area contributed by atoms with Crippen LogP contribution >= 0.6 is 0 Å². The third kappa shape index (κ3) is 3.31. The number of piperidine rings is 1. The number of hydrogen-bond donors (Lipinski definition) is 1. The summed E-state index contributed by atoms with van der Waals surface area (Å²) < 4.78 is 0. The summed E-state index contributed by atoms with van der Waals surface area (Å²) in [5.74, 6) is 0.0311. The minimum atomic E-state index is 0.0311. The van der Waals surface area contributed by atoms with Gasteiger partial charge in [0, 0.05) is 37.8 Å². The van der Waals surface area contributed by atoms with Crippen molar-refractivity contribution >= 4 is 11.9 Å². The van der Waals surface area contributed by atoms with Gasteiger partial charge in [-0.25, -0.2) is 4.79 Å². The maximum Gasteiger partial charge on any atom is 0.320 e. The highest BCUT2D eigenvalue weighted by molar-refractivity contribution is 5.96. The van der Waals surface area contributed by atoms with Gasteiger partial charge in [0.15, 0.2) is 0 Å². The Labute approximate surface area is 155 Å². The summed E-state index contributed by atoms with van der Waals surface area (Å²) in [6, 6.07) is 4.26. The summed E-state index contributed by atoms with van der Waals surface area (Å²) in [5, 5.41) is 3.21. The molecule has 0 spiro atoms. The van der Waals surface area contributed by atoms with E-state index >= 15 is 0 Å². The molecule has 0 radical (unpaired) electrons. The first kappa shape index (κ1) is 17.4. The van der Waals surface area contributed by atoms with Crippen LogP contribution in [0, 0.1) is 6.92 Å². The highest BCUT2D eigenvalue weighted by Crippen LogP contribution is 2.28. The number of carbonyl (C=O) groups is 2. The van der Waals surface area contributed by atoms with E-state index in [-0.39, 0.29) is 18.0 Å².